The van der Waals surface area contributed by atoms with E-state index in [4.69, 9.17) is 10.5 Å². The van der Waals surface area contributed by atoms with E-state index >= 15 is 0 Å². The minimum atomic E-state index is -0.482. The number of amides is 1. The van der Waals surface area contributed by atoms with Crippen LogP contribution in [0.25, 0.3) is 0 Å². The third kappa shape index (κ3) is 6.82. The van der Waals surface area contributed by atoms with Crippen molar-refractivity contribution in [2.75, 3.05) is 6.54 Å². The molecule has 0 spiro atoms. The summed E-state index contributed by atoms with van der Waals surface area (Å²) < 4.78 is 5.26. The van der Waals surface area contributed by atoms with Crippen molar-refractivity contribution in [1.82, 2.24) is 5.32 Å². The van der Waals surface area contributed by atoms with E-state index in [2.05, 4.69) is 5.32 Å². The van der Waals surface area contributed by atoms with Gasteiger partial charge < -0.3 is 15.8 Å². The summed E-state index contributed by atoms with van der Waals surface area (Å²) >= 11 is 0. The predicted octanol–water partition coefficient (Wildman–Crippen LogP) is 2.47. The molecular formula is C15H24N2O2. The molecule has 1 unspecified atom stereocenters. The van der Waals surface area contributed by atoms with Gasteiger partial charge in [0.1, 0.15) is 5.60 Å². The number of hydrogen-bond acceptors (Lipinski definition) is 3. The van der Waals surface area contributed by atoms with Crippen LogP contribution < -0.4 is 11.1 Å². The van der Waals surface area contributed by atoms with Crippen LogP contribution in [0.5, 0.6) is 0 Å². The van der Waals surface area contributed by atoms with Crippen LogP contribution >= 0.6 is 0 Å². The lowest BCUT2D eigenvalue weighted by Gasteiger charge is -2.23. The SMILES string of the molecule is CC(C)(C)OC(=O)NC(CCN)Cc1ccccc1. The number of alkyl carbamates (subject to hydrolysis) is 1. The van der Waals surface area contributed by atoms with E-state index < -0.39 is 5.60 Å². The zero-order valence-corrected chi connectivity index (χ0v) is 12.0. The van der Waals surface area contributed by atoms with Crippen LogP contribution in [0, 0.1) is 0 Å². The zero-order valence-electron chi connectivity index (χ0n) is 12.0. The van der Waals surface area contributed by atoms with Gasteiger partial charge in [0.05, 0.1) is 0 Å². The van der Waals surface area contributed by atoms with Gasteiger partial charge in [-0.3, -0.25) is 0 Å². The summed E-state index contributed by atoms with van der Waals surface area (Å²) in [6.07, 6.45) is 1.10. The standard InChI is InChI=1S/C15H24N2O2/c1-15(2,3)19-14(18)17-13(9-10-16)11-12-7-5-4-6-8-12/h4-8,13H,9-11,16H2,1-3H3,(H,17,18). The highest BCUT2D eigenvalue weighted by molar-refractivity contribution is 5.68. The van der Waals surface area contributed by atoms with Crippen LogP contribution in [0.3, 0.4) is 0 Å². The van der Waals surface area contributed by atoms with Crippen LogP contribution in [-0.2, 0) is 11.2 Å². The summed E-state index contributed by atoms with van der Waals surface area (Å²) in [5.41, 5.74) is 6.29. The summed E-state index contributed by atoms with van der Waals surface area (Å²) in [7, 11) is 0. The molecule has 0 heterocycles. The van der Waals surface area contributed by atoms with Crippen molar-refractivity contribution in [3.8, 4) is 0 Å². The lowest BCUT2D eigenvalue weighted by Crippen LogP contribution is -2.41. The molecule has 4 heteroatoms. The Morgan fingerprint density at radius 3 is 2.47 bits per heavy atom. The third-order valence-electron chi connectivity index (χ3n) is 2.56. The van der Waals surface area contributed by atoms with Crippen LogP contribution in [0.15, 0.2) is 30.3 Å². The summed E-state index contributed by atoms with van der Waals surface area (Å²) in [4.78, 5) is 11.8. The maximum Gasteiger partial charge on any atom is 0.407 e. The fourth-order valence-electron chi connectivity index (χ4n) is 1.80. The van der Waals surface area contributed by atoms with Crippen molar-refractivity contribution in [3.05, 3.63) is 35.9 Å². The zero-order chi connectivity index (χ0) is 14.3. The van der Waals surface area contributed by atoms with E-state index in [1.54, 1.807) is 0 Å². The quantitative estimate of drug-likeness (QED) is 0.858. The van der Waals surface area contributed by atoms with Gasteiger partial charge in [-0.1, -0.05) is 30.3 Å². The summed E-state index contributed by atoms with van der Waals surface area (Å²) in [5, 5.41) is 2.88. The van der Waals surface area contributed by atoms with Crippen molar-refractivity contribution in [2.45, 2.75) is 45.3 Å². The number of carbonyl (C=O) groups excluding carboxylic acids is 1. The Balaban J connectivity index is 2.55. The number of rotatable bonds is 5. The van der Waals surface area contributed by atoms with E-state index in [-0.39, 0.29) is 12.1 Å². The molecule has 0 bridgehead atoms. The molecule has 0 aromatic heterocycles. The Hall–Kier alpha value is -1.55. The summed E-state index contributed by atoms with van der Waals surface area (Å²) in [6.45, 7) is 6.08. The molecule has 0 fully saturated rings. The highest BCUT2D eigenvalue weighted by Gasteiger charge is 2.19. The molecule has 0 aliphatic rings. The van der Waals surface area contributed by atoms with E-state index in [0.29, 0.717) is 6.54 Å². The minimum Gasteiger partial charge on any atom is -0.444 e. The molecule has 106 valence electrons. The minimum absolute atomic E-state index is 0.00208. The normalized spacial score (nSPS) is 12.8. The lowest BCUT2D eigenvalue weighted by molar-refractivity contribution is 0.0502. The van der Waals surface area contributed by atoms with Crippen LogP contribution in [-0.4, -0.2) is 24.3 Å². The number of nitrogens with two attached hydrogens (primary N) is 1. The largest absolute Gasteiger partial charge is 0.444 e. The average Bonchev–Trinajstić information content (AvgIpc) is 2.27. The van der Waals surface area contributed by atoms with E-state index in [9.17, 15) is 4.79 Å². The first kappa shape index (κ1) is 15.5. The van der Waals surface area contributed by atoms with Gasteiger partial charge in [-0.25, -0.2) is 4.79 Å². The molecule has 1 amide bonds. The number of benzene rings is 1. The first-order valence-corrected chi connectivity index (χ1v) is 6.64. The van der Waals surface area contributed by atoms with Gasteiger partial charge in [-0.15, -0.1) is 0 Å². The van der Waals surface area contributed by atoms with Crippen molar-refractivity contribution < 1.29 is 9.53 Å². The molecule has 1 atom stereocenters. The Bertz CT molecular complexity index is 385. The molecule has 0 aliphatic carbocycles. The summed E-state index contributed by atoms with van der Waals surface area (Å²) in [6, 6.07) is 10.0. The van der Waals surface area contributed by atoms with Crippen LogP contribution in [0.2, 0.25) is 0 Å². The molecule has 0 saturated carbocycles. The Labute approximate surface area is 115 Å². The van der Waals surface area contributed by atoms with Gasteiger partial charge in [0, 0.05) is 6.04 Å². The topological polar surface area (TPSA) is 64.3 Å². The average molecular weight is 264 g/mol. The number of nitrogens with one attached hydrogen (secondary N) is 1. The molecule has 1 rings (SSSR count). The van der Waals surface area contributed by atoms with Crippen LogP contribution in [0.4, 0.5) is 4.79 Å². The van der Waals surface area contributed by atoms with E-state index in [1.165, 1.54) is 5.56 Å². The Morgan fingerprint density at radius 1 is 1.32 bits per heavy atom. The summed E-state index contributed by atoms with van der Waals surface area (Å²) in [5.74, 6) is 0. The number of ether oxygens (including phenoxy) is 1. The van der Waals surface area contributed by atoms with Crippen molar-refractivity contribution in [2.24, 2.45) is 5.73 Å². The van der Waals surface area contributed by atoms with Crippen molar-refractivity contribution in [1.29, 1.82) is 0 Å². The van der Waals surface area contributed by atoms with Gasteiger partial charge in [0.25, 0.3) is 0 Å². The smallest absolute Gasteiger partial charge is 0.407 e. The van der Waals surface area contributed by atoms with E-state index in [1.807, 2.05) is 51.1 Å². The molecule has 0 radical (unpaired) electrons. The maximum absolute atomic E-state index is 11.8. The van der Waals surface area contributed by atoms with Gasteiger partial charge >= 0.3 is 6.09 Å². The van der Waals surface area contributed by atoms with E-state index in [0.717, 1.165) is 12.8 Å². The highest BCUT2D eigenvalue weighted by Crippen LogP contribution is 2.09. The Morgan fingerprint density at radius 2 is 1.95 bits per heavy atom. The molecule has 1 aromatic rings. The van der Waals surface area contributed by atoms with Gasteiger partial charge in [0.2, 0.25) is 0 Å². The third-order valence-corrected chi connectivity index (χ3v) is 2.56. The van der Waals surface area contributed by atoms with Crippen molar-refractivity contribution in [3.63, 3.8) is 0 Å². The second kappa shape index (κ2) is 7.14. The molecule has 0 saturated heterocycles. The Kier molecular flexibility index (Phi) is 5.83. The second-order valence-corrected chi connectivity index (χ2v) is 5.61. The molecule has 0 aliphatic heterocycles. The maximum atomic E-state index is 11.8. The first-order chi connectivity index (χ1) is 8.90. The monoisotopic (exact) mass is 264 g/mol. The van der Waals surface area contributed by atoms with Gasteiger partial charge in [-0.2, -0.15) is 0 Å². The first-order valence-electron chi connectivity index (χ1n) is 6.64. The molecular weight excluding hydrogens is 240 g/mol. The van der Waals surface area contributed by atoms with Gasteiger partial charge in [-0.05, 0) is 45.7 Å². The molecule has 3 N–H and O–H groups in total. The molecule has 4 nitrogen and oxygen atoms in total. The van der Waals surface area contributed by atoms with Crippen molar-refractivity contribution >= 4 is 6.09 Å². The van der Waals surface area contributed by atoms with Crippen LogP contribution in [0.1, 0.15) is 32.8 Å². The lowest BCUT2D eigenvalue weighted by atomic mass is 10.0. The second-order valence-electron chi connectivity index (χ2n) is 5.61. The molecule has 19 heavy (non-hydrogen) atoms. The fraction of sp³-hybridized carbons (Fsp3) is 0.533. The number of hydrogen-bond donors (Lipinski definition) is 2. The number of carbonyl (C=O) groups is 1. The fourth-order valence-corrected chi connectivity index (χ4v) is 1.80. The molecule has 1 aromatic carbocycles. The highest BCUT2D eigenvalue weighted by atomic mass is 16.6. The van der Waals surface area contributed by atoms with Gasteiger partial charge in [0.15, 0.2) is 0 Å². The predicted molar refractivity (Wildman–Crippen MR) is 77.0 cm³/mol.